The highest BCUT2D eigenvalue weighted by Crippen LogP contribution is 2.27. The molecule has 0 radical (unpaired) electrons. The minimum absolute atomic E-state index is 0.112. The lowest BCUT2D eigenvalue weighted by atomic mass is 10.1. The largest absolute Gasteiger partial charge is 0.346 e. The van der Waals surface area contributed by atoms with Gasteiger partial charge in [-0.05, 0) is 37.6 Å². The van der Waals surface area contributed by atoms with Gasteiger partial charge in [0, 0.05) is 18.7 Å². The second kappa shape index (κ2) is 6.38. The normalized spacial score (nSPS) is 18.7. The molecule has 0 unspecified atom stereocenters. The van der Waals surface area contributed by atoms with E-state index in [4.69, 9.17) is 0 Å². The highest BCUT2D eigenvalue weighted by atomic mass is 19.1. The van der Waals surface area contributed by atoms with Gasteiger partial charge >= 0.3 is 0 Å². The Balaban J connectivity index is 1.67. The monoisotopic (exact) mass is 332 g/mol. The van der Waals surface area contributed by atoms with Crippen LogP contribution < -0.4 is 10.2 Å². The van der Waals surface area contributed by atoms with Crippen LogP contribution in [0.2, 0.25) is 0 Å². The maximum Gasteiger partial charge on any atom is 0.227 e. The molecule has 2 aromatic rings. The number of hydrogen-bond acceptors (Lipinski definition) is 5. The topological polar surface area (TPSA) is 88.3 Å². The number of rotatable bonds is 4. The maximum atomic E-state index is 13.4. The summed E-state index contributed by atoms with van der Waals surface area (Å²) in [5.41, 5.74) is 1.05. The van der Waals surface area contributed by atoms with Crippen LogP contribution >= 0.6 is 0 Å². The number of aromatic nitrogens is 2. The second-order valence-electron chi connectivity index (χ2n) is 5.86. The summed E-state index contributed by atoms with van der Waals surface area (Å²) in [6, 6.07) is 4.06. The quantitative estimate of drug-likeness (QED) is 0.921. The summed E-state index contributed by atoms with van der Waals surface area (Å²) in [6.45, 7) is 3.63. The third-order valence-corrected chi connectivity index (χ3v) is 4.07. The van der Waals surface area contributed by atoms with Crippen molar-refractivity contribution >= 4 is 17.5 Å². The maximum absolute atomic E-state index is 13.4. The molecule has 2 atom stereocenters. The van der Waals surface area contributed by atoms with Crippen LogP contribution in [0.1, 0.15) is 30.8 Å². The Bertz CT molecular complexity index is 763. The molecule has 0 aliphatic carbocycles. The van der Waals surface area contributed by atoms with Gasteiger partial charge in [-0.25, -0.2) is 4.39 Å². The molecule has 1 aromatic heterocycles. The van der Waals surface area contributed by atoms with E-state index in [1.54, 1.807) is 26.0 Å². The number of carbonyl (C=O) groups excluding carboxylic acids is 2. The van der Waals surface area contributed by atoms with Crippen LogP contribution in [0.3, 0.4) is 0 Å². The van der Waals surface area contributed by atoms with E-state index < -0.39 is 12.0 Å². The van der Waals surface area contributed by atoms with Gasteiger partial charge in [-0.2, -0.15) is 4.98 Å². The first-order valence-electron chi connectivity index (χ1n) is 7.59. The van der Waals surface area contributed by atoms with E-state index in [2.05, 4.69) is 20.0 Å². The van der Waals surface area contributed by atoms with Crippen LogP contribution in [0.5, 0.6) is 0 Å². The molecule has 7 nitrogen and oxygen atoms in total. The van der Waals surface area contributed by atoms with E-state index >= 15 is 0 Å². The second-order valence-corrected chi connectivity index (χ2v) is 5.86. The first-order valence-corrected chi connectivity index (χ1v) is 7.59. The first kappa shape index (κ1) is 16.1. The summed E-state index contributed by atoms with van der Waals surface area (Å²) < 4.78 is 18.0. The molecular weight excluding hydrogens is 315 g/mol. The zero-order valence-electron chi connectivity index (χ0n) is 13.3. The lowest BCUT2D eigenvalue weighted by molar-refractivity contribution is -0.126. The van der Waals surface area contributed by atoms with Gasteiger partial charge in [0.15, 0.2) is 5.82 Å². The third-order valence-electron chi connectivity index (χ3n) is 4.07. The Kier molecular flexibility index (Phi) is 4.28. The predicted molar refractivity (Wildman–Crippen MR) is 82.5 cm³/mol. The van der Waals surface area contributed by atoms with Gasteiger partial charge in [-0.3, -0.25) is 9.59 Å². The summed E-state index contributed by atoms with van der Waals surface area (Å²) >= 11 is 0. The molecular formula is C16H17FN4O3. The Hall–Kier alpha value is -2.77. The lowest BCUT2D eigenvalue weighted by Crippen LogP contribution is -2.35. The van der Waals surface area contributed by atoms with Gasteiger partial charge < -0.3 is 14.7 Å². The van der Waals surface area contributed by atoms with Crippen LogP contribution in [-0.4, -0.2) is 28.5 Å². The van der Waals surface area contributed by atoms with E-state index in [9.17, 15) is 14.0 Å². The Labute approximate surface area is 137 Å². The average Bonchev–Trinajstić information content (AvgIpc) is 3.19. The molecule has 3 rings (SSSR count). The van der Waals surface area contributed by atoms with E-state index in [0.29, 0.717) is 17.1 Å². The minimum atomic E-state index is -0.475. The third kappa shape index (κ3) is 3.12. The summed E-state index contributed by atoms with van der Waals surface area (Å²) in [5, 5.41) is 6.45. The van der Waals surface area contributed by atoms with Crippen molar-refractivity contribution in [1.29, 1.82) is 0 Å². The number of aryl methyl sites for hydroxylation is 1. The zero-order valence-corrected chi connectivity index (χ0v) is 13.3. The first-order chi connectivity index (χ1) is 11.5. The fourth-order valence-electron chi connectivity index (χ4n) is 2.69. The standard InChI is InChI=1S/C16H17FN4O3/c1-9-5-12(3-4-13(9)17)21-7-11(6-14(21)22)16(23)19-10(2)15-18-8-24-20-15/h3-5,8,10-11H,6-7H2,1-2H3,(H,19,23)/t10-,11+/m1/s1. The van der Waals surface area contributed by atoms with Gasteiger partial charge in [-0.15, -0.1) is 0 Å². The van der Waals surface area contributed by atoms with E-state index in [1.807, 2.05) is 0 Å². The van der Waals surface area contributed by atoms with Crippen molar-refractivity contribution in [2.75, 3.05) is 11.4 Å². The summed E-state index contributed by atoms with van der Waals surface area (Å²) in [4.78, 5) is 30.0. The predicted octanol–water partition coefficient (Wildman–Crippen LogP) is 1.75. The smallest absolute Gasteiger partial charge is 0.227 e. The van der Waals surface area contributed by atoms with Crippen LogP contribution in [-0.2, 0) is 9.59 Å². The van der Waals surface area contributed by atoms with Gasteiger partial charge in [0.2, 0.25) is 18.2 Å². The van der Waals surface area contributed by atoms with Gasteiger partial charge in [0.05, 0.1) is 12.0 Å². The van der Waals surface area contributed by atoms with Crippen molar-refractivity contribution in [3.05, 3.63) is 41.8 Å². The van der Waals surface area contributed by atoms with E-state index in [-0.39, 0.29) is 30.6 Å². The molecule has 8 heteroatoms. The fraction of sp³-hybridized carbons (Fsp3) is 0.375. The molecule has 0 bridgehead atoms. The Morgan fingerprint density at radius 3 is 2.96 bits per heavy atom. The van der Waals surface area contributed by atoms with Crippen molar-refractivity contribution in [3.63, 3.8) is 0 Å². The summed E-state index contributed by atoms with van der Waals surface area (Å²) in [6.07, 6.45) is 1.30. The van der Waals surface area contributed by atoms with Crippen molar-refractivity contribution in [2.24, 2.45) is 5.92 Å². The molecule has 0 spiro atoms. The van der Waals surface area contributed by atoms with E-state index in [1.165, 1.54) is 17.4 Å². The molecule has 2 heterocycles. The number of nitrogens with zero attached hydrogens (tertiary/aromatic N) is 3. The number of nitrogens with one attached hydrogen (secondary N) is 1. The molecule has 1 aromatic carbocycles. The number of hydrogen-bond donors (Lipinski definition) is 1. The van der Waals surface area contributed by atoms with Crippen LogP contribution in [0.25, 0.3) is 0 Å². The highest BCUT2D eigenvalue weighted by Gasteiger charge is 2.36. The average molecular weight is 332 g/mol. The van der Waals surface area contributed by atoms with Crippen LogP contribution in [0.4, 0.5) is 10.1 Å². The molecule has 1 fully saturated rings. The molecule has 1 N–H and O–H groups in total. The molecule has 126 valence electrons. The molecule has 1 aliphatic heterocycles. The van der Waals surface area contributed by atoms with Crippen LogP contribution in [0.15, 0.2) is 29.1 Å². The minimum Gasteiger partial charge on any atom is -0.346 e. The molecule has 2 amide bonds. The highest BCUT2D eigenvalue weighted by molar-refractivity contribution is 6.00. The van der Waals surface area contributed by atoms with Crippen molar-refractivity contribution in [3.8, 4) is 0 Å². The van der Waals surface area contributed by atoms with Crippen molar-refractivity contribution in [1.82, 2.24) is 15.5 Å². The van der Waals surface area contributed by atoms with Crippen molar-refractivity contribution in [2.45, 2.75) is 26.3 Å². The molecule has 1 saturated heterocycles. The van der Waals surface area contributed by atoms with Crippen LogP contribution in [0, 0.1) is 18.7 Å². The summed E-state index contributed by atoms with van der Waals surface area (Å²) in [7, 11) is 0. The lowest BCUT2D eigenvalue weighted by Gasteiger charge is -2.18. The number of benzene rings is 1. The van der Waals surface area contributed by atoms with Gasteiger partial charge in [0.25, 0.3) is 0 Å². The number of carbonyl (C=O) groups is 2. The SMILES string of the molecule is Cc1cc(N2C[C@@H](C(=O)N[C@H](C)c3ncon3)CC2=O)ccc1F. The van der Waals surface area contributed by atoms with Crippen molar-refractivity contribution < 1.29 is 18.5 Å². The van der Waals surface area contributed by atoms with Gasteiger partial charge in [0.1, 0.15) is 5.82 Å². The van der Waals surface area contributed by atoms with Gasteiger partial charge in [-0.1, -0.05) is 5.16 Å². The molecule has 1 aliphatic rings. The molecule has 24 heavy (non-hydrogen) atoms. The van der Waals surface area contributed by atoms with E-state index in [0.717, 1.165) is 0 Å². The summed E-state index contributed by atoms with van der Waals surface area (Å²) in [5.74, 6) is -0.833. The molecule has 0 saturated carbocycles. The number of anilines is 1. The Morgan fingerprint density at radius 2 is 2.29 bits per heavy atom. The number of amides is 2. The Morgan fingerprint density at radius 1 is 1.50 bits per heavy atom. The fourth-order valence-corrected chi connectivity index (χ4v) is 2.69. The number of halogens is 1. The zero-order chi connectivity index (χ0) is 17.3.